The number of amides is 2. The fourth-order valence-corrected chi connectivity index (χ4v) is 2.62. The van der Waals surface area contributed by atoms with Gasteiger partial charge in [-0.2, -0.15) is 0 Å². The lowest BCUT2D eigenvalue weighted by Crippen LogP contribution is -2.36. The molecule has 0 aliphatic carbocycles. The molecule has 138 valence electrons. The van der Waals surface area contributed by atoms with Gasteiger partial charge in [-0.25, -0.2) is 17.9 Å². The maximum absolute atomic E-state index is 13.4. The predicted octanol–water partition coefficient (Wildman–Crippen LogP) is 1.08. The van der Waals surface area contributed by atoms with Crippen LogP contribution >= 0.6 is 0 Å². The summed E-state index contributed by atoms with van der Waals surface area (Å²) < 4.78 is 35.8. The second-order valence-corrected chi connectivity index (χ2v) is 7.17. The number of hydrogen-bond donors (Lipinski definition) is 3. The van der Waals surface area contributed by atoms with Gasteiger partial charge in [0, 0.05) is 12.2 Å². The van der Waals surface area contributed by atoms with E-state index in [-0.39, 0.29) is 17.1 Å². The van der Waals surface area contributed by atoms with Crippen LogP contribution < -0.4 is 15.8 Å². The Morgan fingerprint density at radius 1 is 1.08 bits per heavy atom. The van der Waals surface area contributed by atoms with Crippen LogP contribution in [0.4, 0.5) is 10.1 Å². The average Bonchev–Trinajstić information content (AvgIpc) is 2.57. The van der Waals surface area contributed by atoms with Crippen LogP contribution in [0.2, 0.25) is 0 Å². The Morgan fingerprint density at radius 2 is 1.73 bits per heavy atom. The number of halogens is 1. The van der Waals surface area contributed by atoms with Gasteiger partial charge in [0.05, 0.1) is 4.90 Å². The fourth-order valence-electron chi connectivity index (χ4n) is 2.10. The van der Waals surface area contributed by atoms with Crippen LogP contribution in [0.25, 0.3) is 0 Å². The highest BCUT2D eigenvalue weighted by molar-refractivity contribution is 7.89. The summed E-state index contributed by atoms with van der Waals surface area (Å²) in [6, 6.07) is 10.00. The first-order valence-electron chi connectivity index (χ1n) is 7.64. The monoisotopic (exact) mass is 379 g/mol. The van der Waals surface area contributed by atoms with E-state index in [0.717, 1.165) is 11.6 Å². The number of carbonyl (C=O) groups is 2. The molecule has 2 rings (SSSR count). The zero-order chi connectivity index (χ0) is 19.3. The van der Waals surface area contributed by atoms with Crippen LogP contribution in [-0.2, 0) is 26.0 Å². The van der Waals surface area contributed by atoms with E-state index in [1.165, 1.54) is 24.3 Å². The molecule has 0 aromatic heterocycles. The second kappa shape index (κ2) is 8.07. The van der Waals surface area contributed by atoms with Crippen molar-refractivity contribution in [2.75, 3.05) is 11.9 Å². The number of sulfonamides is 1. The van der Waals surface area contributed by atoms with Crippen molar-refractivity contribution in [3.63, 3.8) is 0 Å². The molecule has 2 aromatic carbocycles. The van der Waals surface area contributed by atoms with Crippen LogP contribution in [0, 0.1) is 12.7 Å². The number of nitrogens with one attached hydrogen (secondary N) is 2. The SMILES string of the molecule is Cc1ccc(NC(=O)C(=O)NCCc2ccc(S(N)(=O)=O)cc2)cc1F. The highest BCUT2D eigenvalue weighted by atomic mass is 32.2. The normalized spacial score (nSPS) is 11.0. The fraction of sp³-hybridized carbons (Fsp3) is 0.176. The van der Waals surface area contributed by atoms with Crippen molar-refractivity contribution in [3.05, 3.63) is 59.4 Å². The Bertz CT molecular complexity index is 928. The molecule has 0 unspecified atom stereocenters. The molecule has 0 atom stereocenters. The predicted molar refractivity (Wildman–Crippen MR) is 94.3 cm³/mol. The number of anilines is 1. The first-order valence-corrected chi connectivity index (χ1v) is 9.18. The molecule has 0 heterocycles. The van der Waals surface area contributed by atoms with Gasteiger partial charge in [-0.15, -0.1) is 0 Å². The molecule has 2 aromatic rings. The smallest absolute Gasteiger partial charge is 0.313 e. The molecule has 4 N–H and O–H groups in total. The highest BCUT2D eigenvalue weighted by Crippen LogP contribution is 2.13. The van der Waals surface area contributed by atoms with Crippen LogP contribution in [0.3, 0.4) is 0 Å². The van der Waals surface area contributed by atoms with Gasteiger partial charge in [0.15, 0.2) is 0 Å². The molecule has 7 nitrogen and oxygen atoms in total. The maximum Gasteiger partial charge on any atom is 0.313 e. The molecule has 0 radical (unpaired) electrons. The van der Waals surface area contributed by atoms with Crippen LogP contribution in [0.5, 0.6) is 0 Å². The minimum absolute atomic E-state index is 0.00464. The Hall–Kier alpha value is -2.78. The number of benzene rings is 2. The number of nitrogens with two attached hydrogens (primary N) is 1. The molecule has 9 heteroatoms. The van der Waals surface area contributed by atoms with E-state index < -0.39 is 27.7 Å². The van der Waals surface area contributed by atoms with Crippen molar-refractivity contribution in [1.82, 2.24) is 5.32 Å². The zero-order valence-electron chi connectivity index (χ0n) is 14.0. The molecule has 0 fully saturated rings. The Kier molecular flexibility index (Phi) is 6.06. The third kappa shape index (κ3) is 5.36. The van der Waals surface area contributed by atoms with Gasteiger partial charge < -0.3 is 10.6 Å². The third-order valence-corrected chi connectivity index (χ3v) is 4.52. The lowest BCUT2D eigenvalue weighted by atomic mass is 10.1. The van der Waals surface area contributed by atoms with Crippen molar-refractivity contribution in [2.24, 2.45) is 5.14 Å². The van der Waals surface area contributed by atoms with Gasteiger partial charge in [-0.3, -0.25) is 9.59 Å². The van der Waals surface area contributed by atoms with Gasteiger partial charge in [-0.05, 0) is 48.7 Å². The summed E-state index contributed by atoms with van der Waals surface area (Å²) >= 11 is 0. The van der Waals surface area contributed by atoms with Crippen molar-refractivity contribution in [2.45, 2.75) is 18.2 Å². The second-order valence-electron chi connectivity index (χ2n) is 5.61. The number of primary sulfonamides is 1. The van der Waals surface area contributed by atoms with Gasteiger partial charge >= 0.3 is 11.8 Å². The van der Waals surface area contributed by atoms with E-state index in [9.17, 15) is 22.4 Å². The number of rotatable bonds is 5. The van der Waals surface area contributed by atoms with E-state index in [1.807, 2.05) is 0 Å². The van der Waals surface area contributed by atoms with Crippen LogP contribution in [0.1, 0.15) is 11.1 Å². The first kappa shape index (κ1) is 19.5. The third-order valence-electron chi connectivity index (χ3n) is 3.59. The summed E-state index contributed by atoms with van der Waals surface area (Å²) in [6.45, 7) is 1.76. The quantitative estimate of drug-likeness (QED) is 0.674. The molecule has 2 amide bonds. The molecule has 26 heavy (non-hydrogen) atoms. The first-order chi connectivity index (χ1) is 12.2. The van der Waals surface area contributed by atoms with Crippen molar-refractivity contribution < 1.29 is 22.4 Å². The molecule has 0 bridgehead atoms. The van der Waals surface area contributed by atoms with Crippen LogP contribution in [-0.4, -0.2) is 26.8 Å². The molecule has 0 saturated heterocycles. The average molecular weight is 379 g/mol. The van der Waals surface area contributed by atoms with Crippen molar-refractivity contribution >= 4 is 27.5 Å². The summed E-state index contributed by atoms with van der Waals surface area (Å²) in [5, 5.41) is 9.75. The van der Waals surface area contributed by atoms with Crippen molar-refractivity contribution in [1.29, 1.82) is 0 Å². The molecule has 0 spiro atoms. The maximum atomic E-state index is 13.4. The molecule has 0 aliphatic heterocycles. The lowest BCUT2D eigenvalue weighted by molar-refractivity contribution is -0.136. The molecule has 0 saturated carbocycles. The summed E-state index contributed by atoms with van der Waals surface area (Å²) in [5.74, 6) is -2.24. The number of hydrogen-bond acceptors (Lipinski definition) is 4. The highest BCUT2D eigenvalue weighted by Gasteiger charge is 2.14. The zero-order valence-corrected chi connectivity index (χ0v) is 14.8. The Balaban J connectivity index is 1.84. The number of carbonyl (C=O) groups excluding carboxylic acids is 2. The summed E-state index contributed by atoms with van der Waals surface area (Å²) in [5.41, 5.74) is 1.38. The van der Waals surface area contributed by atoms with Gasteiger partial charge in [0.2, 0.25) is 10.0 Å². The summed E-state index contributed by atoms with van der Waals surface area (Å²) in [6.07, 6.45) is 0.392. The molecular formula is C17H18FN3O4S. The Morgan fingerprint density at radius 3 is 2.31 bits per heavy atom. The van der Waals surface area contributed by atoms with Gasteiger partial charge in [-0.1, -0.05) is 18.2 Å². The van der Waals surface area contributed by atoms with E-state index in [2.05, 4.69) is 10.6 Å². The largest absolute Gasteiger partial charge is 0.347 e. The summed E-state index contributed by atoms with van der Waals surface area (Å²) in [4.78, 5) is 23.5. The lowest BCUT2D eigenvalue weighted by Gasteiger charge is -2.08. The minimum Gasteiger partial charge on any atom is -0.347 e. The van der Waals surface area contributed by atoms with E-state index in [4.69, 9.17) is 5.14 Å². The summed E-state index contributed by atoms with van der Waals surface area (Å²) in [7, 11) is -3.75. The Labute approximate surface area is 150 Å². The van der Waals surface area contributed by atoms with Gasteiger partial charge in [0.1, 0.15) is 5.82 Å². The standard InChI is InChI=1S/C17H18FN3O4S/c1-11-2-5-13(10-15(11)18)21-17(23)16(22)20-9-8-12-3-6-14(7-4-12)26(19,24)25/h2-7,10H,8-9H2,1H3,(H,20,22)(H,21,23)(H2,19,24,25). The minimum atomic E-state index is -3.75. The van der Waals surface area contributed by atoms with Crippen LogP contribution in [0.15, 0.2) is 47.4 Å². The van der Waals surface area contributed by atoms with E-state index >= 15 is 0 Å². The van der Waals surface area contributed by atoms with Crippen molar-refractivity contribution in [3.8, 4) is 0 Å². The topological polar surface area (TPSA) is 118 Å². The van der Waals surface area contributed by atoms with E-state index in [0.29, 0.717) is 12.0 Å². The van der Waals surface area contributed by atoms with Gasteiger partial charge in [0.25, 0.3) is 0 Å². The molecule has 0 aliphatic rings. The number of aryl methyl sites for hydroxylation is 1. The van der Waals surface area contributed by atoms with E-state index in [1.54, 1.807) is 19.1 Å². The molecular weight excluding hydrogens is 361 g/mol.